The molecule has 1 aromatic heterocycles. The van der Waals surface area contributed by atoms with E-state index in [4.69, 9.17) is 0 Å². The number of hydrogen-bond donors (Lipinski definition) is 1. The van der Waals surface area contributed by atoms with E-state index in [1.165, 1.54) is 16.7 Å². The number of aryl methyl sites for hydroxylation is 1. The van der Waals surface area contributed by atoms with Gasteiger partial charge in [0.1, 0.15) is 0 Å². The van der Waals surface area contributed by atoms with Gasteiger partial charge in [-0.3, -0.25) is 14.4 Å². The summed E-state index contributed by atoms with van der Waals surface area (Å²) in [5.41, 5.74) is 6.46. The molecule has 3 aliphatic rings. The highest BCUT2D eigenvalue weighted by Gasteiger charge is 2.48. The van der Waals surface area contributed by atoms with Gasteiger partial charge in [0.25, 0.3) is 0 Å². The van der Waals surface area contributed by atoms with Crippen molar-refractivity contribution in [1.29, 1.82) is 5.26 Å². The summed E-state index contributed by atoms with van der Waals surface area (Å²) < 4.78 is 1.98. The topological polar surface area (TPSA) is 77.2 Å². The number of aromatic nitrogens is 2. The molecule has 3 heterocycles. The Hall–Kier alpha value is -3.47. The van der Waals surface area contributed by atoms with Gasteiger partial charge >= 0.3 is 0 Å². The quantitative estimate of drug-likeness (QED) is 0.622. The highest BCUT2D eigenvalue weighted by molar-refractivity contribution is 5.98. The predicted molar refractivity (Wildman–Crippen MR) is 139 cm³/mol. The molecule has 6 rings (SSSR count). The van der Waals surface area contributed by atoms with Gasteiger partial charge in [0.05, 0.1) is 30.9 Å². The lowest BCUT2D eigenvalue weighted by molar-refractivity contribution is -0.120. The minimum absolute atomic E-state index is 0.106. The van der Waals surface area contributed by atoms with E-state index in [1.807, 2.05) is 34.8 Å². The third-order valence-electron chi connectivity index (χ3n) is 8.15. The van der Waals surface area contributed by atoms with Gasteiger partial charge < -0.3 is 10.2 Å². The highest BCUT2D eigenvalue weighted by Crippen LogP contribution is 2.49. The van der Waals surface area contributed by atoms with Crippen molar-refractivity contribution in [3.8, 4) is 6.07 Å². The van der Waals surface area contributed by atoms with Crippen molar-refractivity contribution in [2.24, 2.45) is 0 Å². The smallest absolute Gasteiger partial charge is 0.241 e. The van der Waals surface area contributed by atoms with Gasteiger partial charge in [0.2, 0.25) is 5.91 Å². The van der Waals surface area contributed by atoms with E-state index in [9.17, 15) is 10.1 Å². The highest BCUT2D eigenvalue weighted by atomic mass is 16.2. The second-order valence-corrected chi connectivity index (χ2v) is 10.9. The van der Waals surface area contributed by atoms with Crippen LogP contribution in [0.4, 0.5) is 5.69 Å². The molecule has 2 aromatic carbocycles. The first kappa shape index (κ1) is 23.0. The monoisotopic (exact) mass is 480 g/mol. The molecule has 184 valence electrons. The lowest BCUT2D eigenvalue weighted by Gasteiger charge is -2.39. The Morgan fingerprint density at radius 1 is 1.22 bits per heavy atom. The minimum Gasteiger partial charge on any atom is -0.311 e. The van der Waals surface area contributed by atoms with Gasteiger partial charge in [-0.2, -0.15) is 10.4 Å². The van der Waals surface area contributed by atoms with Crippen LogP contribution in [-0.4, -0.2) is 58.9 Å². The fraction of sp³-hybridized carbons (Fsp3) is 0.414. The number of anilines is 1. The second kappa shape index (κ2) is 8.88. The molecule has 0 saturated carbocycles. The van der Waals surface area contributed by atoms with E-state index in [0.29, 0.717) is 24.7 Å². The van der Waals surface area contributed by atoms with Gasteiger partial charge in [-0.05, 0) is 61.1 Å². The number of hydrogen-bond acceptors (Lipinski definition) is 5. The normalized spacial score (nSPS) is 22.4. The first-order valence-corrected chi connectivity index (χ1v) is 12.8. The Labute approximate surface area is 212 Å². The zero-order valence-electron chi connectivity index (χ0n) is 20.9. The fourth-order valence-electron chi connectivity index (χ4n) is 6.41. The number of nitrogens with one attached hydrogen (secondary N) is 1. The van der Waals surface area contributed by atoms with E-state index in [2.05, 4.69) is 64.8 Å². The minimum atomic E-state index is -0.120. The summed E-state index contributed by atoms with van der Waals surface area (Å²) in [7, 11) is 0. The number of nitrogens with zero attached hydrogens (tertiary/aromatic N) is 5. The standard InChI is InChI=1S/C29H32N6O/c1-20-13-32-34(15-20)17-25-14-31-21(2)16-33(25)18-28(36)35-19-29(10-23-5-3-4-6-24(23)11-29)26-8-7-22(12-30)9-27(26)35/h3-9,13,15,21,25,31H,10-11,14,16-19H2,1-2H3/t21-,25-/m1/s1. The molecule has 0 radical (unpaired) electrons. The number of nitriles is 1. The van der Waals surface area contributed by atoms with Crippen molar-refractivity contribution in [2.45, 2.75) is 50.7 Å². The Morgan fingerprint density at radius 2 is 2.00 bits per heavy atom. The van der Waals surface area contributed by atoms with Gasteiger partial charge in [-0.15, -0.1) is 0 Å². The average molecular weight is 481 g/mol. The fourth-order valence-corrected chi connectivity index (χ4v) is 6.41. The van der Waals surface area contributed by atoms with Gasteiger partial charge in [0.15, 0.2) is 0 Å². The van der Waals surface area contributed by atoms with Crippen LogP contribution in [0.5, 0.6) is 0 Å². The summed E-state index contributed by atoms with van der Waals surface area (Å²) >= 11 is 0. The molecule has 1 fully saturated rings. The molecule has 36 heavy (non-hydrogen) atoms. The van der Waals surface area contributed by atoms with Crippen LogP contribution >= 0.6 is 0 Å². The molecule has 1 aliphatic carbocycles. The molecule has 1 saturated heterocycles. The van der Waals surface area contributed by atoms with Crippen molar-refractivity contribution in [3.05, 3.63) is 82.7 Å². The van der Waals surface area contributed by atoms with Crippen molar-refractivity contribution in [3.63, 3.8) is 0 Å². The van der Waals surface area contributed by atoms with Gasteiger partial charge in [0, 0.05) is 49.0 Å². The summed E-state index contributed by atoms with van der Waals surface area (Å²) in [5.74, 6) is 0.106. The first-order chi connectivity index (χ1) is 17.4. The van der Waals surface area contributed by atoms with E-state index >= 15 is 0 Å². The number of rotatable bonds is 4. The van der Waals surface area contributed by atoms with Crippen LogP contribution in [0.25, 0.3) is 0 Å². The summed E-state index contributed by atoms with van der Waals surface area (Å²) in [6, 6.07) is 17.3. The summed E-state index contributed by atoms with van der Waals surface area (Å²) in [4.78, 5) is 18.2. The lowest BCUT2D eigenvalue weighted by atomic mass is 9.79. The number of carbonyl (C=O) groups is 1. The Balaban J connectivity index is 1.27. The zero-order chi connectivity index (χ0) is 24.9. The van der Waals surface area contributed by atoms with E-state index < -0.39 is 0 Å². The van der Waals surface area contributed by atoms with Crippen LogP contribution in [0.2, 0.25) is 0 Å². The number of amides is 1. The molecule has 7 heteroatoms. The molecule has 0 bridgehead atoms. The van der Waals surface area contributed by atoms with Crippen molar-refractivity contribution < 1.29 is 4.79 Å². The number of benzene rings is 2. The summed E-state index contributed by atoms with van der Waals surface area (Å²) in [6.07, 6.45) is 5.79. The van der Waals surface area contributed by atoms with Crippen molar-refractivity contribution in [2.75, 3.05) is 31.1 Å². The maximum absolute atomic E-state index is 14.0. The van der Waals surface area contributed by atoms with Crippen molar-refractivity contribution >= 4 is 11.6 Å². The predicted octanol–water partition coefficient (Wildman–Crippen LogP) is 2.81. The molecule has 1 amide bonds. The maximum Gasteiger partial charge on any atom is 0.241 e. The summed E-state index contributed by atoms with van der Waals surface area (Å²) in [6.45, 7) is 7.61. The zero-order valence-corrected chi connectivity index (χ0v) is 20.9. The van der Waals surface area contributed by atoms with Crippen LogP contribution in [-0.2, 0) is 29.6 Å². The molecule has 7 nitrogen and oxygen atoms in total. The molecule has 3 aromatic rings. The number of fused-ring (bicyclic) bond motifs is 3. The molecule has 0 unspecified atom stereocenters. The van der Waals surface area contributed by atoms with Crippen LogP contribution in [0.1, 0.15) is 34.7 Å². The molecule has 1 N–H and O–H groups in total. The van der Waals surface area contributed by atoms with Crippen molar-refractivity contribution in [1.82, 2.24) is 20.0 Å². The number of piperazine rings is 1. The van der Waals surface area contributed by atoms with Crippen LogP contribution in [0.3, 0.4) is 0 Å². The maximum atomic E-state index is 14.0. The van der Waals surface area contributed by atoms with Gasteiger partial charge in [-0.1, -0.05) is 30.3 Å². The van der Waals surface area contributed by atoms with E-state index in [0.717, 1.165) is 43.7 Å². The Bertz CT molecular complexity index is 1330. The molecule has 2 aliphatic heterocycles. The van der Waals surface area contributed by atoms with Crippen LogP contribution in [0, 0.1) is 18.3 Å². The largest absolute Gasteiger partial charge is 0.311 e. The van der Waals surface area contributed by atoms with Crippen LogP contribution in [0.15, 0.2) is 54.9 Å². The SMILES string of the molecule is Cc1cnn(C[C@H]2CN[C@H](C)CN2CC(=O)N2CC3(Cc4ccccc4C3)c3ccc(C#N)cc32)c1. The van der Waals surface area contributed by atoms with E-state index in [1.54, 1.807) is 0 Å². The third-order valence-corrected chi connectivity index (χ3v) is 8.15. The molecule has 1 spiro atoms. The Kier molecular flexibility index (Phi) is 5.66. The molecular weight excluding hydrogens is 448 g/mol. The Morgan fingerprint density at radius 3 is 2.69 bits per heavy atom. The molecular formula is C29H32N6O. The second-order valence-electron chi connectivity index (χ2n) is 10.9. The molecule has 2 atom stereocenters. The summed E-state index contributed by atoms with van der Waals surface area (Å²) in [5, 5.41) is 17.6. The third kappa shape index (κ3) is 4.01. The van der Waals surface area contributed by atoms with Gasteiger partial charge in [-0.25, -0.2) is 0 Å². The number of carbonyl (C=O) groups excluding carboxylic acids is 1. The average Bonchev–Trinajstić information content (AvgIpc) is 3.55. The van der Waals surface area contributed by atoms with E-state index in [-0.39, 0.29) is 17.4 Å². The van der Waals surface area contributed by atoms with Crippen LogP contribution < -0.4 is 10.2 Å². The lowest BCUT2D eigenvalue weighted by Crippen LogP contribution is -2.59. The first-order valence-electron chi connectivity index (χ1n) is 12.8.